The van der Waals surface area contributed by atoms with E-state index in [2.05, 4.69) is 26.3 Å². The molecule has 1 aromatic heterocycles. The Morgan fingerprint density at radius 1 is 0.871 bits per heavy atom. The van der Waals surface area contributed by atoms with Crippen molar-refractivity contribution in [2.24, 2.45) is 16.9 Å². The Kier molecular flexibility index (Phi) is 22.0. The summed E-state index contributed by atoms with van der Waals surface area (Å²) in [5.74, 6) is -3.16. The van der Waals surface area contributed by atoms with E-state index in [4.69, 9.17) is 11.5 Å². The van der Waals surface area contributed by atoms with Gasteiger partial charge in [-0.25, -0.2) is 4.98 Å². The third kappa shape index (κ3) is 16.2. The summed E-state index contributed by atoms with van der Waals surface area (Å²) in [5.41, 5.74) is 15.6. The van der Waals surface area contributed by atoms with Crippen molar-refractivity contribution in [3.63, 3.8) is 0 Å². The SMILES string of the molecule is CC(=O)N1CC[C@H]2CC[C@@H](C(=O)N[C@@H](CCC(N)=O)C(=O)NCCCCCCCCCC(=O)N[C@H](C(=O)N3C[C@H](O)C[C@H]3C(=O)NCc3ccc(-c4scnc4C)cc3)C(C)(C)C)N2C(=O)[C@@H](N)C1.Cl. The number of hydrogen-bond acceptors (Lipinski definition) is 12. The normalized spacial score (nSPS) is 21.1. The molecule has 0 spiro atoms. The van der Waals surface area contributed by atoms with Crippen LogP contribution >= 0.6 is 23.7 Å². The Morgan fingerprint density at radius 3 is 2.17 bits per heavy atom. The maximum absolute atomic E-state index is 14.0. The monoisotopic (exact) mass is 1010 g/mol. The number of fused-ring (bicyclic) bond motifs is 1. The van der Waals surface area contributed by atoms with Crippen LogP contribution in [0.3, 0.4) is 0 Å². The molecule has 19 nitrogen and oxygen atoms in total. The van der Waals surface area contributed by atoms with E-state index in [0.29, 0.717) is 45.2 Å². The summed E-state index contributed by atoms with van der Waals surface area (Å²) in [6, 6.07) is 2.98. The molecule has 2 aromatic rings. The van der Waals surface area contributed by atoms with Gasteiger partial charge < -0.3 is 52.5 Å². The first-order chi connectivity index (χ1) is 32.7. The predicted octanol–water partition coefficient (Wildman–Crippen LogP) is 2.58. The number of unbranched alkanes of at least 4 members (excludes halogenated alkanes) is 6. The molecule has 0 saturated carbocycles. The lowest BCUT2D eigenvalue weighted by Crippen LogP contribution is -2.60. The van der Waals surface area contributed by atoms with Crippen molar-refractivity contribution in [1.29, 1.82) is 0 Å². The van der Waals surface area contributed by atoms with Gasteiger partial charge >= 0.3 is 0 Å². The van der Waals surface area contributed by atoms with Crippen LogP contribution in [0.5, 0.6) is 0 Å². The summed E-state index contributed by atoms with van der Waals surface area (Å²) < 4.78 is 0. The average molecular weight is 1020 g/mol. The zero-order valence-corrected chi connectivity index (χ0v) is 43.0. The molecule has 388 valence electrons. The maximum atomic E-state index is 14.0. The quantitative estimate of drug-likeness (QED) is 0.0842. The molecule has 3 aliphatic rings. The fourth-order valence-corrected chi connectivity index (χ4v) is 10.2. The van der Waals surface area contributed by atoms with Crippen LogP contribution in [0.25, 0.3) is 10.4 Å². The third-order valence-corrected chi connectivity index (χ3v) is 14.4. The average Bonchev–Trinajstić information content (AvgIpc) is 4.04. The Labute approximate surface area is 421 Å². The summed E-state index contributed by atoms with van der Waals surface area (Å²) in [5, 5.41) is 22.1. The molecule has 0 bridgehead atoms. The van der Waals surface area contributed by atoms with Crippen LogP contribution in [0.4, 0.5) is 0 Å². The number of halogens is 1. The van der Waals surface area contributed by atoms with Gasteiger partial charge in [-0.2, -0.15) is 0 Å². The number of benzene rings is 1. The van der Waals surface area contributed by atoms with E-state index in [-0.39, 0.29) is 81.5 Å². The maximum Gasteiger partial charge on any atom is 0.246 e. The fraction of sp³-hybridized carbons (Fsp3) is 0.653. The highest BCUT2D eigenvalue weighted by molar-refractivity contribution is 7.13. The molecular weight excluding hydrogens is 940 g/mol. The summed E-state index contributed by atoms with van der Waals surface area (Å²) in [6.07, 6.45) is 6.47. The molecule has 3 saturated heterocycles. The fourth-order valence-electron chi connectivity index (χ4n) is 9.41. The van der Waals surface area contributed by atoms with Crippen molar-refractivity contribution >= 4 is 71.0 Å². The number of nitrogens with two attached hydrogens (primary N) is 2. The van der Waals surface area contributed by atoms with E-state index in [1.165, 1.54) is 16.7 Å². The Morgan fingerprint density at radius 2 is 1.54 bits per heavy atom. The number of nitrogens with one attached hydrogen (secondary N) is 4. The number of β-amino-alcohol motifs (C(OH)–C–C–N with tert-alkyl or cyclic N) is 1. The molecule has 1 aromatic carbocycles. The smallest absolute Gasteiger partial charge is 0.246 e. The lowest BCUT2D eigenvalue weighted by atomic mass is 9.85. The number of carbonyl (C=O) groups excluding carboxylic acids is 8. The number of carbonyl (C=O) groups is 8. The molecule has 3 fully saturated rings. The predicted molar refractivity (Wildman–Crippen MR) is 268 cm³/mol. The molecule has 7 atom stereocenters. The minimum atomic E-state index is -1.03. The van der Waals surface area contributed by atoms with E-state index in [0.717, 1.165) is 53.8 Å². The number of aryl methyl sites for hydroxylation is 1. The van der Waals surface area contributed by atoms with Crippen LogP contribution in [-0.4, -0.2) is 141 Å². The molecule has 5 rings (SSSR count). The van der Waals surface area contributed by atoms with E-state index < -0.39 is 71.3 Å². The van der Waals surface area contributed by atoms with Crippen LogP contribution < -0.4 is 32.7 Å². The van der Waals surface area contributed by atoms with Crippen LogP contribution in [0, 0.1) is 12.3 Å². The Hall–Kier alpha value is -5.18. The van der Waals surface area contributed by atoms with E-state index >= 15 is 0 Å². The second-order valence-electron chi connectivity index (χ2n) is 19.9. The van der Waals surface area contributed by atoms with Crippen molar-refractivity contribution < 1.29 is 43.5 Å². The van der Waals surface area contributed by atoms with E-state index in [1.807, 2.05) is 52.0 Å². The number of primary amides is 1. The number of thiazole rings is 1. The number of aromatic nitrogens is 1. The first-order valence-corrected chi connectivity index (χ1v) is 25.4. The zero-order valence-electron chi connectivity index (χ0n) is 41.3. The summed E-state index contributed by atoms with van der Waals surface area (Å²) >= 11 is 1.57. The second kappa shape index (κ2) is 26.9. The van der Waals surface area contributed by atoms with Crippen molar-refractivity contribution in [1.82, 2.24) is 41.0 Å². The molecular formula is C49H75ClN10O9S. The lowest BCUT2D eigenvalue weighted by molar-refractivity contribution is -0.144. The summed E-state index contributed by atoms with van der Waals surface area (Å²) in [7, 11) is 0. The van der Waals surface area contributed by atoms with Gasteiger partial charge in [0, 0.05) is 65.0 Å². The molecule has 0 unspecified atom stereocenters. The summed E-state index contributed by atoms with van der Waals surface area (Å²) in [4.78, 5) is 114. The van der Waals surface area contributed by atoms with Crippen LogP contribution in [0.15, 0.2) is 29.8 Å². The number of likely N-dealkylation sites (tertiary alicyclic amines) is 1. The molecule has 4 heterocycles. The molecule has 9 N–H and O–H groups in total. The minimum absolute atomic E-state index is 0. The molecule has 21 heteroatoms. The van der Waals surface area contributed by atoms with Crippen LogP contribution in [0.1, 0.15) is 129 Å². The van der Waals surface area contributed by atoms with Gasteiger partial charge in [0.1, 0.15) is 30.2 Å². The standard InChI is InChI=1S/C49H74N10O9S.ClH/c1-30-42(69-29-54-30)33-16-14-32(15-17-33)26-53-45(65)39-25-35(61)27-58(39)48(68)43(49(3,4)5)56-41(63)13-11-9-7-6-8-10-12-23-52-44(64)37(19-21-40(51)62)55-46(66)38-20-18-34-22-24-57(31(2)60)28-36(50)47(67)59(34)38;/h14-17,29,34-39,43,61H,6-13,18-28,50H2,1-5H3,(H2,51,62)(H,52,64)(H,53,65)(H,55,66)(H,56,63);1H/t34-,35-,36+,37+,38+,39+,43-;/m1./s1. The van der Waals surface area contributed by atoms with Gasteiger partial charge in [-0.15, -0.1) is 23.7 Å². The molecule has 70 heavy (non-hydrogen) atoms. The van der Waals surface area contributed by atoms with Crippen LogP contribution in [0.2, 0.25) is 0 Å². The van der Waals surface area contributed by atoms with Gasteiger partial charge in [0.15, 0.2) is 0 Å². The number of nitrogens with zero attached hydrogens (tertiary/aromatic N) is 4. The van der Waals surface area contributed by atoms with Gasteiger partial charge in [0.25, 0.3) is 0 Å². The lowest BCUT2D eigenvalue weighted by Gasteiger charge is -2.37. The molecule has 0 radical (unpaired) electrons. The largest absolute Gasteiger partial charge is 0.391 e. The van der Waals surface area contributed by atoms with Gasteiger partial charge in [-0.05, 0) is 62.0 Å². The highest BCUT2D eigenvalue weighted by Crippen LogP contribution is 2.31. The van der Waals surface area contributed by atoms with Gasteiger partial charge in [0.2, 0.25) is 47.3 Å². The number of aliphatic hydroxyl groups is 1. The topological polar surface area (TPSA) is 280 Å². The zero-order chi connectivity index (χ0) is 50.4. The highest BCUT2D eigenvalue weighted by Gasteiger charge is 2.46. The molecule has 0 aliphatic carbocycles. The Balaban J connectivity index is 0.0000107. The molecule has 8 amide bonds. The van der Waals surface area contributed by atoms with E-state index in [1.54, 1.807) is 21.7 Å². The van der Waals surface area contributed by atoms with Gasteiger partial charge in [0.05, 0.1) is 22.2 Å². The second-order valence-corrected chi connectivity index (χ2v) is 20.7. The first-order valence-electron chi connectivity index (χ1n) is 24.5. The highest BCUT2D eigenvalue weighted by atomic mass is 35.5. The molecule has 3 aliphatic heterocycles. The summed E-state index contributed by atoms with van der Waals surface area (Å²) in [6.45, 7) is 10.1. The Bertz CT molecular complexity index is 2140. The number of aliphatic hydroxyl groups excluding tert-OH is 1. The third-order valence-electron chi connectivity index (χ3n) is 13.4. The van der Waals surface area contributed by atoms with Crippen molar-refractivity contribution in [3.05, 3.63) is 41.0 Å². The minimum Gasteiger partial charge on any atom is -0.391 e. The van der Waals surface area contributed by atoms with Crippen molar-refractivity contribution in [3.8, 4) is 10.4 Å². The van der Waals surface area contributed by atoms with Gasteiger partial charge in [-0.3, -0.25) is 38.4 Å². The number of hydrogen-bond donors (Lipinski definition) is 7. The van der Waals surface area contributed by atoms with Gasteiger partial charge in [-0.1, -0.05) is 77.1 Å². The van der Waals surface area contributed by atoms with Crippen molar-refractivity contribution in [2.75, 3.05) is 26.2 Å². The number of amides is 8. The van der Waals surface area contributed by atoms with Crippen molar-refractivity contribution in [2.45, 2.75) is 173 Å². The first kappa shape index (κ1) is 57.4. The van der Waals surface area contributed by atoms with E-state index in [9.17, 15) is 43.5 Å². The van der Waals surface area contributed by atoms with Crippen LogP contribution in [-0.2, 0) is 44.9 Å². The number of rotatable bonds is 22.